The maximum absolute atomic E-state index is 11.6. The number of hydrogen-bond donors (Lipinski definition) is 0. The van der Waals surface area contributed by atoms with Gasteiger partial charge in [0, 0.05) is 25.4 Å². The van der Waals surface area contributed by atoms with Gasteiger partial charge >= 0.3 is 0 Å². The van der Waals surface area contributed by atoms with Gasteiger partial charge < -0.3 is 4.90 Å². The van der Waals surface area contributed by atoms with Crippen molar-refractivity contribution in [1.29, 1.82) is 0 Å². The largest absolute Gasteiger partial charge is 0.341 e. The molecule has 2 nitrogen and oxygen atoms in total. The van der Waals surface area contributed by atoms with Gasteiger partial charge in [0.15, 0.2) is 0 Å². The molecule has 1 aliphatic rings. The van der Waals surface area contributed by atoms with Crippen LogP contribution in [0.3, 0.4) is 0 Å². The highest BCUT2D eigenvalue weighted by Gasteiger charge is 2.23. The van der Waals surface area contributed by atoms with Gasteiger partial charge in [-0.15, -0.1) is 11.6 Å². The number of carbonyl (C=O) groups is 1. The van der Waals surface area contributed by atoms with Crippen molar-refractivity contribution in [3.63, 3.8) is 0 Å². The topological polar surface area (TPSA) is 20.3 Å². The summed E-state index contributed by atoms with van der Waals surface area (Å²) in [6.45, 7) is 6.10. The van der Waals surface area contributed by atoms with Crippen LogP contribution in [0.5, 0.6) is 0 Å². The minimum absolute atomic E-state index is 0.286. The zero-order valence-corrected chi connectivity index (χ0v) is 9.89. The van der Waals surface area contributed by atoms with Crippen molar-refractivity contribution < 1.29 is 4.79 Å². The average molecular weight is 218 g/mol. The molecule has 0 saturated carbocycles. The number of nitrogens with zero attached hydrogens (tertiary/aromatic N) is 1. The first kappa shape index (κ1) is 11.8. The van der Waals surface area contributed by atoms with Crippen LogP contribution in [0.15, 0.2) is 0 Å². The Bertz CT molecular complexity index is 194. The molecule has 14 heavy (non-hydrogen) atoms. The highest BCUT2D eigenvalue weighted by atomic mass is 35.5. The van der Waals surface area contributed by atoms with E-state index in [4.69, 9.17) is 11.6 Å². The van der Waals surface area contributed by atoms with Crippen LogP contribution in [-0.2, 0) is 4.79 Å². The lowest BCUT2D eigenvalue weighted by Gasteiger charge is -2.20. The van der Waals surface area contributed by atoms with E-state index in [2.05, 4.69) is 13.8 Å². The summed E-state index contributed by atoms with van der Waals surface area (Å²) in [5, 5.41) is 0. The molecule has 0 N–H and O–H groups in total. The molecule has 0 aliphatic carbocycles. The quantitative estimate of drug-likeness (QED) is 0.666. The van der Waals surface area contributed by atoms with Crippen molar-refractivity contribution in [2.24, 2.45) is 11.8 Å². The lowest BCUT2D eigenvalue weighted by Crippen LogP contribution is -2.32. The molecule has 0 spiro atoms. The van der Waals surface area contributed by atoms with E-state index in [0.717, 1.165) is 19.4 Å². The van der Waals surface area contributed by atoms with Crippen LogP contribution >= 0.6 is 11.6 Å². The van der Waals surface area contributed by atoms with E-state index >= 15 is 0 Å². The minimum atomic E-state index is 0.286. The van der Waals surface area contributed by atoms with Crippen molar-refractivity contribution in [2.75, 3.05) is 19.0 Å². The third kappa shape index (κ3) is 3.16. The van der Waals surface area contributed by atoms with Gasteiger partial charge in [0.25, 0.3) is 0 Å². The van der Waals surface area contributed by atoms with Crippen LogP contribution < -0.4 is 0 Å². The molecular formula is C11H20ClNO. The van der Waals surface area contributed by atoms with Gasteiger partial charge in [-0.05, 0) is 24.7 Å². The van der Waals surface area contributed by atoms with E-state index in [1.54, 1.807) is 0 Å². The average Bonchev–Trinajstić information content (AvgIpc) is 2.30. The van der Waals surface area contributed by atoms with Crippen molar-refractivity contribution >= 4 is 17.5 Å². The van der Waals surface area contributed by atoms with Crippen LogP contribution in [0.2, 0.25) is 0 Å². The third-order valence-corrected chi connectivity index (χ3v) is 3.32. The SMILES string of the molecule is CC(C)C1CCC(=O)N(CCCl)CC1. The predicted octanol–water partition coefficient (Wildman–Crippen LogP) is 2.51. The van der Waals surface area contributed by atoms with Crippen LogP contribution in [0.4, 0.5) is 0 Å². The van der Waals surface area contributed by atoms with Crippen LogP contribution in [0.1, 0.15) is 33.1 Å². The number of alkyl halides is 1. The van der Waals surface area contributed by atoms with E-state index in [1.165, 1.54) is 0 Å². The Morgan fingerprint density at radius 3 is 2.79 bits per heavy atom. The normalized spacial score (nSPS) is 24.1. The Kier molecular flexibility index (Phi) is 4.73. The number of likely N-dealkylation sites (tertiary alicyclic amines) is 1. The number of halogens is 1. The van der Waals surface area contributed by atoms with Crippen molar-refractivity contribution in [1.82, 2.24) is 4.90 Å². The molecular weight excluding hydrogens is 198 g/mol. The first-order valence-corrected chi connectivity index (χ1v) is 6.02. The van der Waals surface area contributed by atoms with Gasteiger partial charge in [0.2, 0.25) is 5.91 Å². The van der Waals surface area contributed by atoms with Gasteiger partial charge in [-0.25, -0.2) is 0 Å². The molecule has 1 aliphatic heterocycles. The van der Waals surface area contributed by atoms with Gasteiger partial charge in [-0.2, -0.15) is 0 Å². The minimum Gasteiger partial charge on any atom is -0.341 e. The Morgan fingerprint density at radius 1 is 1.50 bits per heavy atom. The van der Waals surface area contributed by atoms with Gasteiger partial charge in [-0.3, -0.25) is 4.79 Å². The van der Waals surface area contributed by atoms with Crippen LogP contribution in [-0.4, -0.2) is 29.8 Å². The summed E-state index contributed by atoms with van der Waals surface area (Å²) < 4.78 is 0. The zero-order valence-electron chi connectivity index (χ0n) is 9.13. The Morgan fingerprint density at radius 2 is 2.21 bits per heavy atom. The number of carbonyl (C=O) groups excluding carboxylic acids is 1. The lowest BCUT2D eigenvalue weighted by atomic mass is 9.89. The van der Waals surface area contributed by atoms with E-state index in [0.29, 0.717) is 30.7 Å². The summed E-state index contributed by atoms with van der Waals surface area (Å²) in [6.07, 6.45) is 2.90. The van der Waals surface area contributed by atoms with Crippen molar-refractivity contribution in [3.8, 4) is 0 Å². The summed E-state index contributed by atoms with van der Waals surface area (Å²) in [5.74, 6) is 2.24. The molecule has 3 heteroatoms. The molecule has 82 valence electrons. The monoisotopic (exact) mass is 217 g/mol. The first-order valence-electron chi connectivity index (χ1n) is 5.49. The van der Waals surface area contributed by atoms with Gasteiger partial charge in [0.1, 0.15) is 0 Å². The zero-order chi connectivity index (χ0) is 10.6. The summed E-state index contributed by atoms with van der Waals surface area (Å²) in [5.41, 5.74) is 0. The van der Waals surface area contributed by atoms with Gasteiger partial charge in [0.05, 0.1) is 0 Å². The second kappa shape index (κ2) is 5.59. The number of hydrogen-bond acceptors (Lipinski definition) is 1. The fourth-order valence-corrected chi connectivity index (χ4v) is 2.27. The Balaban J connectivity index is 2.49. The summed E-state index contributed by atoms with van der Waals surface area (Å²) in [4.78, 5) is 13.6. The van der Waals surface area contributed by atoms with Crippen molar-refractivity contribution in [2.45, 2.75) is 33.1 Å². The molecule has 1 rings (SSSR count). The molecule has 0 bridgehead atoms. The molecule has 1 unspecified atom stereocenters. The van der Waals surface area contributed by atoms with E-state index in [1.807, 2.05) is 4.90 Å². The number of rotatable bonds is 3. The standard InChI is InChI=1S/C11H20ClNO/c1-9(2)10-3-4-11(14)13(7-5-10)8-6-12/h9-10H,3-8H2,1-2H3. The molecule has 1 saturated heterocycles. The summed E-state index contributed by atoms with van der Waals surface area (Å²) >= 11 is 5.66. The van der Waals surface area contributed by atoms with E-state index < -0.39 is 0 Å². The first-order chi connectivity index (χ1) is 6.65. The molecule has 0 aromatic heterocycles. The predicted molar refractivity (Wildman–Crippen MR) is 59.5 cm³/mol. The molecule has 1 fully saturated rings. The van der Waals surface area contributed by atoms with Crippen LogP contribution in [0.25, 0.3) is 0 Å². The molecule has 0 aromatic rings. The molecule has 1 heterocycles. The number of amides is 1. The fourth-order valence-electron chi connectivity index (χ4n) is 2.06. The molecule has 1 atom stereocenters. The second-order valence-electron chi connectivity index (χ2n) is 4.40. The smallest absolute Gasteiger partial charge is 0.222 e. The maximum atomic E-state index is 11.6. The molecule has 1 amide bonds. The van der Waals surface area contributed by atoms with E-state index in [9.17, 15) is 4.79 Å². The van der Waals surface area contributed by atoms with Gasteiger partial charge in [-0.1, -0.05) is 13.8 Å². The molecule has 0 aromatic carbocycles. The van der Waals surface area contributed by atoms with E-state index in [-0.39, 0.29) is 5.91 Å². The van der Waals surface area contributed by atoms with Crippen molar-refractivity contribution in [3.05, 3.63) is 0 Å². The highest BCUT2D eigenvalue weighted by molar-refractivity contribution is 6.18. The maximum Gasteiger partial charge on any atom is 0.222 e. The third-order valence-electron chi connectivity index (χ3n) is 3.15. The summed E-state index contributed by atoms with van der Waals surface area (Å²) in [6, 6.07) is 0. The van der Waals surface area contributed by atoms with Crippen LogP contribution in [0, 0.1) is 11.8 Å². The fraction of sp³-hybridized carbons (Fsp3) is 0.909. The molecule has 0 radical (unpaired) electrons. The highest BCUT2D eigenvalue weighted by Crippen LogP contribution is 2.24. The second-order valence-corrected chi connectivity index (χ2v) is 4.78. The lowest BCUT2D eigenvalue weighted by molar-refractivity contribution is -0.130. The Hall–Kier alpha value is -0.240. The summed E-state index contributed by atoms with van der Waals surface area (Å²) in [7, 11) is 0. The Labute approximate surface area is 91.6 Å².